The molecule has 1 saturated heterocycles. The monoisotopic (exact) mass is 431 g/mol. The van der Waals surface area contributed by atoms with Gasteiger partial charge in [-0.05, 0) is 43.2 Å². The lowest BCUT2D eigenvalue weighted by molar-refractivity contribution is -0.121. The number of phenolic OH excluding ortho intramolecular Hbond substituents is 1. The number of halogens is 1. The number of nitrogens with one attached hydrogen (secondary N) is 2. The summed E-state index contributed by atoms with van der Waals surface area (Å²) in [5.74, 6) is -1.13. The molecule has 1 aliphatic heterocycles. The highest BCUT2D eigenvalue weighted by atomic mass is 35.5. The Labute approximate surface area is 178 Å². The number of amides is 3. The lowest BCUT2D eigenvalue weighted by atomic mass is 9.96. The van der Waals surface area contributed by atoms with Crippen molar-refractivity contribution in [3.8, 4) is 5.75 Å². The molecule has 0 bridgehead atoms. The van der Waals surface area contributed by atoms with Gasteiger partial charge in [0, 0.05) is 24.0 Å². The average molecular weight is 432 g/mol. The summed E-state index contributed by atoms with van der Waals surface area (Å²) >= 11 is 5.90. The number of hydrogen-bond donors (Lipinski definition) is 3. The molecule has 9 heteroatoms. The van der Waals surface area contributed by atoms with Crippen LogP contribution in [0.4, 0.5) is 16.2 Å². The van der Waals surface area contributed by atoms with Crippen LogP contribution in [0.1, 0.15) is 23.2 Å². The van der Waals surface area contributed by atoms with Crippen molar-refractivity contribution < 1.29 is 24.2 Å². The van der Waals surface area contributed by atoms with Gasteiger partial charge >= 0.3 is 12.0 Å². The van der Waals surface area contributed by atoms with E-state index in [2.05, 4.69) is 10.6 Å². The molecule has 2 aromatic rings. The number of phenols is 1. The number of carbonyl (C=O) groups excluding carboxylic acids is 3. The predicted octanol–water partition coefficient (Wildman–Crippen LogP) is 3.71. The van der Waals surface area contributed by atoms with E-state index >= 15 is 0 Å². The highest BCUT2D eigenvalue weighted by molar-refractivity contribution is 6.31. The van der Waals surface area contributed by atoms with Gasteiger partial charge in [0.15, 0.2) is 0 Å². The maximum atomic E-state index is 12.6. The van der Waals surface area contributed by atoms with Crippen LogP contribution in [-0.2, 0) is 9.53 Å². The Morgan fingerprint density at radius 1 is 1.07 bits per heavy atom. The Kier molecular flexibility index (Phi) is 6.79. The zero-order valence-corrected chi connectivity index (χ0v) is 17.1. The third kappa shape index (κ3) is 5.01. The standard InChI is InChI=1S/C21H22ClN3O5/c1-30-20(28)15-4-2-3-5-16(15)24-21(29)25-10-8-13(9-11-25)19(27)23-17-12-14(22)6-7-18(17)26/h2-7,12-13,26H,8-11H2,1H3,(H,23,27)(H,24,29). The van der Waals surface area contributed by atoms with Crippen LogP contribution in [-0.4, -0.2) is 48.1 Å². The molecule has 30 heavy (non-hydrogen) atoms. The van der Waals surface area contributed by atoms with Gasteiger partial charge < -0.3 is 25.4 Å². The molecule has 1 fully saturated rings. The summed E-state index contributed by atoms with van der Waals surface area (Å²) in [6.45, 7) is 0.762. The number of esters is 1. The van der Waals surface area contributed by atoms with Gasteiger partial charge in [0.2, 0.25) is 5.91 Å². The Balaban J connectivity index is 1.56. The second-order valence-electron chi connectivity index (χ2n) is 6.88. The molecule has 3 N–H and O–H groups in total. The van der Waals surface area contributed by atoms with Crippen LogP contribution in [0.3, 0.4) is 0 Å². The fraction of sp³-hybridized carbons (Fsp3) is 0.286. The minimum absolute atomic E-state index is 0.0613. The average Bonchev–Trinajstić information content (AvgIpc) is 2.76. The van der Waals surface area contributed by atoms with Gasteiger partial charge in [-0.1, -0.05) is 23.7 Å². The van der Waals surface area contributed by atoms with Gasteiger partial charge in [-0.2, -0.15) is 0 Å². The molecule has 0 unspecified atom stereocenters. The second-order valence-corrected chi connectivity index (χ2v) is 7.32. The summed E-state index contributed by atoms with van der Waals surface area (Å²) in [7, 11) is 1.28. The van der Waals surface area contributed by atoms with E-state index in [1.165, 1.54) is 25.3 Å². The topological polar surface area (TPSA) is 108 Å². The van der Waals surface area contributed by atoms with E-state index < -0.39 is 5.97 Å². The quantitative estimate of drug-likeness (QED) is 0.505. The fourth-order valence-electron chi connectivity index (χ4n) is 3.26. The summed E-state index contributed by atoms with van der Waals surface area (Å²) in [5, 5.41) is 15.7. The summed E-state index contributed by atoms with van der Waals surface area (Å²) in [5.41, 5.74) is 0.890. The molecule has 0 radical (unpaired) electrons. The number of urea groups is 1. The SMILES string of the molecule is COC(=O)c1ccccc1NC(=O)N1CCC(C(=O)Nc2cc(Cl)ccc2O)CC1. The van der Waals surface area contributed by atoms with E-state index in [1.807, 2.05) is 0 Å². The van der Waals surface area contributed by atoms with Crippen LogP contribution in [0.5, 0.6) is 5.75 Å². The Morgan fingerprint density at radius 3 is 2.47 bits per heavy atom. The van der Waals surface area contributed by atoms with Crippen molar-refractivity contribution >= 4 is 40.9 Å². The maximum Gasteiger partial charge on any atom is 0.339 e. The number of nitrogens with zero attached hydrogens (tertiary/aromatic N) is 1. The van der Waals surface area contributed by atoms with Gasteiger partial charge in [0.05, 0.1) is 24.0 Å². The Hall–Kier alpha value is -3.26. The number of benzene rings is 2. The van der Waals surface area contributed by atoms with Crippen LogP contribution in [0.25, 0.3) is 0 Å². The summed E-state index contributed by atoms with van der Waals surface area (Å²) in [6, 6.07) is 10.7. The summed E-state index contributed by atoms with van der Waals surface area (Å²) in [4.78, 5) is 38.5. The first-order valence-corrected chi connectivity index (χ1v) is 9.79. The van der Waals surface area contributed by atoms with Crippen molar-refractivity contribution in [1.29, 1.82) is 0 Å². The molecule has 8 nitrogen and oxygen atoms in total. The fourth-order valence-corrected chi connectivity index (χ4v) is 3.43. The number of rotatable bonds is 4. The molecule has 2 aromatic carbocycles. The molecule has 158 valence electrons. The van der Waals surface area contributed by atoms with E-state index in [1.54, 1.807) is 29.2 Å². The highest BCUT2D eigenvalue weighted by Gasteiger charge is 2.28. The van der Waals surface area contributed by atoms with E-state index in [0.29, 0.717) is 36.6 Å². The lowest BCUT2D eigenvalue weighted by Gasteiger charge is -2.31. The smallest absolute Gasteiger partial charge is 0.339 e. The third-order valence-corrected chi connectivity index (χ3v) is 5.18. The Morgan fingerprint density at radius 2 is 1.77 bits per heavy atom. The molecule has 0 aromatic heterocycles. The van der Waals surface area contributed by atoms with Gasteiger partial charge in [-0.3, -0.25) is 4.79 Å². The normalized spacial score (nSPS) is 14.1. The lowest BCUT2D eigenvalue weighted by Crippen LogP contribution is -2.43. The molecule has 0 spiro atoms. The van der Waals surface area contributed by atoms with Gasteiger partial charge in [-0.15, -0.1) is 0 Å². The number of likely N-dealkylation sites (tertiary alicyclic amines) is 1. The van der Waals surface area contributed by atoms with Gasteiger partial charge in [0.1, 0.15) is 5.75 Å². The number of carbonyl (C=O) groups is 3. The second kappa shape index (κ2) is 9.49. The molecule has 0 aliphatic carbocycles. The van der Waals surface area contributed by atoms with Crippen molar-refractivity contribution in [1.82, 2.24) is 4.90 Å². The minimum Gasteiger partial charge on any atom is -0.506 e. The van der Waals surface area contributed by atoms with Crippen LogP contribution in [0, 0.1) is 5.92 Å². The number of methoxy groups -OCH3 is 1. The molecular formula is C21H22ClN3O5. The molecular weight excluding hydrogens is 410 g/mol. The first-order chi connectivity index (χ1) is 14.4. The van der Waals surface area contributed by atoms with E-state index in [9.17, 15) is 19.5 Å². The van der Waals surface area contributed by atoms with Crippen molar-refractivity contribution in [2.24, 2.45) is 5.92 Å². The summed E-state index contributed by atoms with van der Waals surface area (Å²) < 4.78 is 4.73. The molecule has 1 heterocycles. The number of hydrogen-bond acceptors (Lipinski definition) is 5. The van der Waals surface area contributed by atoms with E-state index in [0.717, 1.165) is 0 Å². The molecule has 0 saturated carbocycles. The van der Waals surface area contributed by atoms with Gasteiger partial charge in [-0.25, -0.2) is 9.59 Å². The largest absolute Gasteiger partial charge is 0.506 e. The zero-order chi connectivity index (χ0) is 21.7. The van der Waals surface area contributed by atoms with Crippen LogP contribution >= 0.6 is 11.6 Å². The molecule has 0 atom stereocenters. The van der Waals surface area contributed by atoms with Crippen LogP contribution in [0.2, 0.25) is 5.02 Å². The first-order valence-electron chi connectivity index (χ1n) is 9.41. The number of ether oxygens (including phenoxy) is 1. The predicted molar refractivity (Wildman–Crippen MR) is 113 cm³/mol. The number of anilines is 2. The highest BCUT2D eigenvalue weighted by Crippen LogP contribution is 2.28. The van der Waals surface area contributed by atoms with Gasteiger partial charge in [0.25, 0.3) is 0 Å². The number of piperidine rings is 1. The number of aromatic hydroxyl groups is 1. The summed E-state index contributed by atoms with van der Waals surface area (Å²) in [6.07, 6.45) is 0.943. The maximum absolute atomic E-state index is 12.6. The third-order valence-electron chi connectivity index (χ3n) is 4.94. The van der Waals surface area contributed by atoms with Crippen LogP contribution in [0.15, 0.2) is 42.5 Å². The molecule has 1 aliphatic rings. The molecule has 3 rings (SSSR count). The van der Waals surface area contributed by atoms with E-state index in [4.69, 9.17) is 16.3 Å². The van der Waals surface area contributed by atoms with Crippen LogP contribution < -0.4 is 10.6 Å². The van der Waals surface area contributed by atoms with E-state index in [-0.39, 0.29) is 34.9 Å². The first kappa shape index (κ1) is 21.4. The number of para-hydroxylation sites is 1. The van der Waals surface area contributed by atoms with Crippen molar-refractivity contribution in [3.63, 3.8) is 0 Å². The zero-order valence-electron chi connectivity index (χ0n) is 16.4. The van der Waals surface area contributed by atoms with Crippen molar-refractivity contribution in [2.45, 2.75) is 12.8 Å². The molecule has 3 amide bonds. The minimum atomic E-state index is -0.537. The van der Waals surface area contributed by atoms with Crippen molar-refractivity contribution in [2.75, 3.05) is 30.8 Å². The van der Waals surface area contributed by atoms with Crippen molar-refractivity contribution in [3.05, 3.63) is 53.1 Å². The Bertz CT molecular complexity index is 957.